The standard InChI is InChI=1S/C17H28N4O3/c1-17(2,3)24-16(22)21(4)11-10-19-15(18)20-14-9-7-6-8-13(14)12-23-5/h6-9H,10-12H2,1-5H3,(H3,18,19,20). The van der Waals surface area contributed by atoms with E-state index in [9.17, 15) is 4.79 Å². The lowest BCUT2D eigenvalue weighted by Gasteiger charge is -2.24. The molecule has 0 atom stereocenters. The number of benzene rings is 1. The van der Waals surface area contributed by atoms with Gasteiger partial charge in [-0.1, -0.05) is 18.2 Å². The van der Waals surface area contributed by atoms with Crippen molar-refractivity contribution < 1.29 is 14.3 Å². The zero-order valence-electron chi connectivity index (χ0n) is 15.1. The third kappa shape index (κ3) is 7.32. The summed E-state index contributed by atoms with van der Waals surface area (Å²) >= 11 is 0. The number of likely N-dealkylation sites (N-methyl/N-ethyl adjacent to an activating group) is 1. The Morgan fingerprint density at radius 2 is 2.00 bits per heavy atom. The summed E-state index contributed by atoms with van der Waals surface area (Å²) < 4.78 is 10.4. The molecule has 0 aliphatic rings. The molecule has 0 unspecified atom stereocenters. The number of amides is 1. The summed E-state index contributed by atoms with van der Waals surface area (Å²) in [4.78, 5) is 17.5. The van der Waals surface area contributed by atoms with Crippen molar-refractivity contribution >= 4 is 17.7 Å². The number of para-hydroxylation sites is 1. The lowest BCUT2D eigenvalue weighted by Crippen LogP contribution is -2.36. The van der Waals surface area contributed by atoms with Crippen molar-refractivity contribution in [2.24, 2.45) is 10.7 Å². The van der Waals surface area contributed by atoms with Crippen LogP contribution in [0.1, 0.15) is 26.3 Å². The number of guanidine groups is 1. The monoisotopic (exact) mass is 336 g/mol. The number of methoxy groups -OCH3 is 1. The van der Waals surface area contributed by atoms with Crippen molar-refractivity contribution in [3.63, 3.8) is 0 Å². The van der Waals surface area contributed by atoms with Gasteiger partial charge in [0, 0.05) is 32.0 Å². The van der Waals surface area contributed by atoms with Gasteiger partial charge in [-0.25, -0.2) is 4.79 Å². The minimum Gasteiger partial charge on any atom is -0.444 e. The number of rotatable bonds is 6. The van der Waals surface area contributed by atoms with Crippen molar-refractivity contribution in [2.75, 3.05) is 32.6 Å². The number of aliphatic imine (C=N–C) groups is 1. The first-order chi connectivity index (χ1) is 11.2. The van der Waals surface area contributed by atoms with Crippen molar-refractivity contribution in [3.8, 4) is 0 Å². The number of hydrogen-bond donors (Lipinski definition) is 2. The first kappa shape index (κ1) is 19.8. The summed E-state index contributed by atoms with van der Waals surface area (Å²) in [5, 5.41) is 3.05. The summed E-state index contributed by atoms with van der Waals surface area (Å²) in [6.07, 6.45) is -0.380. The molecule has 1 aromatic rings. The summed E-state index contributed by atoms with van der Waals surface area (Å²) in [5.74, 6) is 0.288. The SMILES string of the molecule is COCc1ccccc1NC(N)=NCCN(C)C(=O)OC(C)(C)C. The minimum absolute atomic E-state index is 0.288. The molecule has 0 aliphatic heterocycles. The Labute approximate surface area is 143 Å². The fourth-order valence-corrected chi connectivity index (χ4v) is 1.85. The first-order valence-electron chi connectivity index (χ1n) is 7.81. The van der Waals surface area contributed by atoms with E-state index >= 15 is 0 Å². The third-order valence-corrected chi connectivity index (χ3v) is 3.00. The molecule has 7 nitrogen and oxygen atoms in total. The van der Waals surface area contributed by atoms with Gasteiger partial charge in [-0.15, -0.1) is 0 Å². The van der Waals surface area contributed by atoms with Gasteiger partial charge in [0.15, 0.2) is 5.96 Å². The highest BCUT2D eigenvalue weighted by Gasteiger charge is 2.19. The van der Waals surface area contributed by atoms with E-state index in [0.29, 0.717) is 19.7 Å². The molecular weight excluding hydrogens is 308 g/mol. The van der Waals surface area contributed by atoms with Crippen molar-refractivity contribution in [1.29, 1.82) is 0 Å². The van der Waals surface area contributed by atoms with Gasteiger partial charge in [-0.3, -0.25) is 4.99 Å². The van der Waals surface area contributed by atoms with E-state index < -0.39 is 5.60 Å². The summed E-state index contributed by atoms with van der Waals surface area (Å²) in [6, 6.07) is 7.70. The van der Waals surface area contributed by atoms with Crippen LogP contribution in [0.2, 0.25) is 0 Å². The zero-order valence-corrected chi connectivity index (χ0v) is 15.1. The van der Waals surface area contributed by atoms with Crippen molar-refractivity contribution in [1.82, 2.24) is 4.90 Å². The molecule has 24 heavy (non-hydrogen) atoms. The van der Waals surface area contributed by atoms with E-state index in [2.05, 4.69) is 10.3 Å². The lowest BCUT2D eigenvalue weighted by molar-refractivity contribution is 0.0304. The second-order valence-electron chi connectivity index (χ2n) is 6.38. The minimum atomic E-state index is -0.514. The normalized spacial score (nSPS) is 12.0. The Morgan fingerprint density at radius 3 is 2.62 bits per heavy atom. The van der Waals surface area contributed by atoms with Crippen LogP contribution in [0.5, 0.6) is 0 Å². The number of carbonyl (C=O) groups is 1. The molecule has 0 heterocycles. The van der Waals surface area contributed by atoms with Crippen LogP contribution in [-0.4, -0.2) is 49.8 Å². The highest BCUT2D eigenvalue weighted by atomic mass is 16.6. The van der Waals surface area contributed by atoms with Crippen LogP contribution in [0.3, 0.4) is 0 Å². The molecule has 0 saturated carbocycles. The first-order valence-corrected chi connectivity index (χ1v) is 7.81. The second kappa shape index (κ2) is 9.12. The number of nitrogens with zero attached hydrogens (tertiary/aromatic N) is 2. The van der Waals surface area contributed by atoms with Crippen molar-refractivity contribution in [3.05, 3.63) is 29.8 Å². The van der Waals surface area contributed by atoms with Crippen LogP contribution in [0, 0.1) is 0 Å². The highest BCUT2D eigenvalue weighted by molar-refractivity contribution is 5.93. The largest absolute Gasteiger partial charge is 0.444 e. The van der Waals surface area contributed by atoms with Gasteiger partial charge in [-0.05, 0) is 26.8 Å². The maximum Gasteiger partial charge on any atom is 0.410 e. The van der Waals surface area contributed by atoms with Crippen LogP contribution in [0.4, 0.5) is 10.5 Å². The van der Waals surface area contributed by atoms with Gasteiger partial charge in [0.05, 0.1) is 13.2 Å². The summed E-state index contributed by atoms with van der Waals surface area (Å²) in [5.41, 5.74) is 7.22. The maximum atomic E-state index is 11.8. The number of ether oxygens (including phenoxy) is 2. The lowest BCUT2D eigenvalue weighted by atomic mass is 10.2. The Balaban J connectivity index is 2.52. The summed E-state index contributed by atoms with van der Waals surface area (Å²) in [6.45, 7) is 6.76. The predicted molar refractivity (Wildman–Crippen MR) is 96.1 cm³/mol. The van der Waals surface area contributed by atoms with Gasteiger partial charge in [0.25, 0.3) is 0 Å². The molecule has 0 bridgehead atoms. The zero-order chi connectivity index (χ0) is 18.2. The fourth-order valence-electron chi connectivity index (χ4n) is 1.85. The molecule has 1 aromatic carbocycles. The van der Waals surface area contributed by atoms with Crippen LogP contribution >= 0.6 is 0 Å². The van der Waals surface area contributed by atoms with E-state index in [0.717, 1.165) is 11.3 Å². The molecule has 0 spiro atoms. The molecule has 134 valence electrons. The Hall–Kier alpha value is -2.28. The molecule has 0 radical (unpaired) electrons. The van der Waals surface area contributed by atoms with E-state index in [1.807, 2.05) is 45.0 Å². The molecule has 3 N–H and O–H groups in total. The van der Waals surface area contributed by atoms with Gasteiger partial charge < -0.3 is 25.4 Å². The number of carbonyl (C=O) groups excluding carboxylic acids is 1. The Kier molecular flexibility index (Phi) is 7.51. The van der Waals surface area contributed by atoms with E-state index in [1.54, 1.807) is 14.2 Å². The fraction of sp³-hybridized carbons (Fsp3) is 0.529. The molecule has 1 amide bonds. The summed E-state index contributed by atoms with van der Waals surface area (Å²) in [7, 11) is 3.31. The Bertz CT molecular complexity index is 567. The molecule has 0 aliphatic carbocycles. The molecule has 1 rings (SSSR count). The van der Waals surface area contributed by atoms with Gasteiger partial charge in [0.1, 0.15) is 5.60 Å². The average molecular weight is 336 g/mol. The van der Waals surface area contributed by atoms with Gasteiger partial charge in [-0.2, -0.15) is 0 Å². The average Bonchev–Trinajstić information content (AvgIpc) is 2.47. The smallest absolute Gasteiger partial charge is 0.410 e. The number of anilines is 1. The molecular formula is C17H28N4O3. The molecule has 0 fully saturated rings. The van der Waals surface area contributed by atoms with E-state index in [4.69, 9.17) is 15.2 Å². The maximum absolute atomic E-state index is 11.8. The topological polar surface area (TPSA) is 89.2 Å². The van der Waals surface area contributed by atoms with Crippen LogP contribution in [0.15, 0.2) is 29.3 Å². The van der Waals surface area contributed by atoms with Gasteiger partial charge >= 0.3 is 6.09 Å². The number of hydrogen-bond acceptors (Lipinski definition) is 4. The van der Waals surface area contributed by atoms with Crippen LogP contribution < -0.4 is 11.1 Å². The van der Waals surface area contributed by atoms with Gasteiger partial charge in [0.2, 0.25) is 0 Å². The quantitative estimate of drug-likeness (QED) is 0.615. The highest BCUT2D eigenvalue weighted by Crippen LogP contribution is 2.15. The molecule has 0 aromatic heterocycles. The van der Waals surface area contributed by atoms with Crippen LogP contribution in [0.25, 0.3) is 0 Å². The van der Waals surface area contributed by atoms with Crippen LogP contribution in [-0.2, 0) is 16.1 Å². The molecule has 0 saturated heterocycles. The molecule has 7 heteroatoms. The number of nitrogens with one attached hydrogen (secondary N) is 1. The third-order valence-electron chi connectivity index (χ3n) is 3.00. The number of nitrogens with two attached hydrogens (primary N) is 1. The predicted octanol–water partition coefficient (Wildman–Crippen LogP) is 2.43. The Morgan fingerprint density at radius 1 is 1.33 bits per heavy atom. The van der Waals surface area contributed by atoms with E-state index in [-0.39, 0.29) is 12.1 Å². The second-order valence-corrected chi connectivity index (χ2v) is 6.38. The van der Waals surface area contributed by atoms with E-state index in [1.165, 1.54) is 4.90 Å². The van der Waals surface area contributed by atoms with Crippen molar-refractivity contribution in [2.45, 2.75) is 33.0 Å².